The highest BCUT2D eigenvalue weighted by Gasteiger charge is 2.17. The van der Waals surface area contributed by atoms with Crippen LogP contribution in [0.1, 0.15) is 26.7 Å². The quantitative estimate of drug-likeness (QED) is 0.927. The summed E-state index contributed by atoms with van der Waals surface area (Å²) >= 11 is 1.68. The first-order valence-corrected chi connectivity index (χ1v) is 9.05. The van der Waals surface area contributed by atoms with Crippen molar-refractivity contribution in [2.45, 2.75) is 26.8 Å². The number of benzene rings is 1. The number of urea groups is 1. The third-order valence-corrected chi connectivity index (χ3v) is 5.27. The fraction of sp³-hybridized carbons (Fsp3) is 0.444. The standard InChI is InChI=1S/C18H23N3O2S/c1-13-3-5-15(6-4-13)11-16-14(2)20-17(24-16)12-19-18(22)21-7-9-23-10-8-21/h3-6H,7-12H2,1-2H3,(H,19,22). The number of aromatic nitrogens is 1. The highest BCUT2D eigenvalue weighted by molar-refractivity contribution is 7.11. The monoisotopic (exact) mass is 345 g/mol. The second-order valence-corrected chi connectivity index (χ2v) is 7.20. The largest absolute Gasteiger partial charge is 0.378 e. The van der Waals surface area contributed by atoms with Gasteiger partial charge in [-0.3, -0.25) is 0 Å². The highest BCUT2D eigenvalue weighted by atomic mass is 32.1. The van der Waals surface area contributed by atoms with Crippen molar-refractivity contribution in [2.24, 2.45) is 0 Å². The number of aryl methyl sites for hydroxylation is 2. The third kappa shape index (κ3) is 4.33. The zero-order valence-electron chi connectivity index (χ0n) is 14.2. The molecule has 2 heterocycles. The van der Waals surface area contributed by atoms with Crippen LogP contribution in [0.15, 0.2) is 24.3 Å². The molecule has 0 radical (unpaired) electrons. The number of amides is 2. The first-order chi connectivity index (χ1) is 11.6. The van der Waals surface area contributed by atoms with Crippen LogP contribution >= 0.6 is 11.3 Å². The van der Waals surface area contributed by atoms with Crippen LogP contribution in [-0.4, -0.2) is 42.2 Å². The molecule has 1 saturated heterocycles. The van der Waals surface area contributed by atoms with Crippen molar-refractivity contribution in [3.8, 4) is 0 Å². The predicted molar refractivity (Wildman–Crippen MR) is 95.5 cm³/mol. The topological polar surface area (TPSA) is 54.5 Å². The van der Waals surface area contributed by atoms with Gasteiger partial charge in [-0.05, 0) is 19.4 Å². The van der Waals surface area contributed by atoms with Gasteiger partial charge in [-0.1, -0.05) is 29.8 Å². The molecule has 2 aromatic rings. The lowest BCUT2D eigenvalue weighted by atomic mass is 10.1. The first kappa shape index (κ1) is 16.9. The van der Waals surface area contributed by atoms with E-state index < -0.39 is 0 Å². The van der Waals surface area contributed by atoms with Crippen molar-refractivity contribution in [2.75, 3.05) is 26.3 Å². The minimum Gasteiger partial charge on any atom is -0.378 e. The average molecular weight is 345 g/mol. The van der Waals surface area contributed by atoms with Crippen molar-refractivity contribution >= 4 is 17.4 Å². The SMILES string of the molecule is Cc1ccc(Cc2sc(CNC(=O)N3CCOCC3)nc2C)cc1. The van der Waals surface area contributed by atoms with Gasteiger partial charge in [0.25, 0.3) is 0 Å². The maximum Gasteiger partial charge on any atom is 0.317 e. The summed E-state index contributed by atoms with van der Waals surface area (Å²) in [5, 5.41) is 3.91. The molecule has 1 aliphatic rings. The zero-order valence-corrected chi connectivity index (χ0v) is 15.0. The summed E-state index contributed by atoms with van der Waals surface area (Å²) in [6.45, 7) is 7.15. The minimum atomic E-state index is -0.0359. The van der Waals surface area contributed by atoms with Gasteiger partial charge in [0, 0.05) is 24.4 Å². The van der Waals surface area contributed by atoms with Crippen LogP contribution < -0.4 is 5.32 Å². The number of nitrogens with one attached hydrogen (secondary N) is 1. The molecule has 24 heavy (non-hydrogen) atoms. The molecule has 3 rings (SSSR count). The summed E-state index contributed by atoms with van der Waals surface area (Å²) in [4.78, 5) is 19.8. The van der Waals surface area contributed by atoms with Crippen LogP contribution in [0, 0.1) is 13.8 Å². The first-order valence-electron chi connectivity index (χ1n) is 8.23. The van der Waals surface area contributed by atoms with E-state index in [2.05, 4.69) is 41.5 Å². The lowest BCUT2D eigenvalue weighted by molar-refractivity contribution is 0.0531. The Balaban J connectivity index is 1.57. The van der Waals surface area contributed by atoms with Crippen molar-refractivity contribution in [3.05, 3.63) is 51.0 Å². The molecule has 0 saturated carbocycles. The molecule has 2 amide bonds. The summed E-state index contributed by atoms with van der Waals surface area (Å²) in [5.74, 6) is 0. The number of hydrogen-bond acceptors (Lipinski definition) is 4. The van der Waals surface area contributed by atoms with Gasteiger partial charge in [0.15, 0.2) is 0 Å². The fourth-order valence-electron chi connectivity index (χ4n) is 2.65. The summed E-state index contributed by atoms with van der Waals surface area (Å²) in [7, 11) is 0. The molecule has 0 atom stereocenters. The Morgan fingerprint density at radius 3 is 2.67 bits per heavy atom. The number of nitrogens with zero attached hydrogens (tertiary/aromatic N) is 2. The Kier molecular flexibility index (Phi) is 5.48. The Morgan fingerprint density at radius 1 is 1.25 bits per heavy atom. The van der Waals surface area contributed by atoms with E-state index in [-0.39, 0.29) is 6.03 Å². The number of rotatable bonds is 4. The van der Waals surface area contributed by atoms with Gasteiger partial charge in [0.1, 0.15) is 5.01 Å². The maximum absolute atomic E-state index is 12.1. The lowest BCUT2D eigenvalue weighted by Gasteiger charge is -2.26. The van der Waals surface area contributed by atoms with Gasteiger partial charge in [-0.2, -0.15) is 0 Å². The molecule has 1 fully saturated rings. The van der Waals surface area contributed by atoms with Crippen molar-refractivity contribution in [1.29, 1.82) is 0 Å². The van der Waals surface area contributed by atoms with Crippen molar-refractivity contribution < 1.29 is 9.53 Å². The van der Waals surface area contributed by atoms with E-state index in [1.807, 2.05) is 6.92 Å². The molecule has 6 heteroatoms. The Morgan fingerprint density at radius 2 is 1.96 bits per heavy atom. The zero-order chi connectivity index (χ0) is 16.9. The van der Waals surface area contributed by atoms with E-state index in [4.69, 9.17) is 4.74 Å². The van der Waals surface area contributed by atoms with E-state index in [0.29, 0.717) is 32.8 Å². The second-order valence-electron chi connectivity index (χ2n) is 6.04. The number of ether oxygens (including phenoxy) is 1. The average Bonchev–Trinajstić information content (AvgIpc) is 2.95. The van der Waals surface area contributed by atoms with E-state index in [1.165, 1.54) is 16.0 Å². The van der Waals surface area contributed by atoms with Crippen LogP contribution in [0.25, 0.3) is 0 Å². The number of carbonyl (C=O) groups excluding carboxylic acids is 1. The molecule has 0 aliphatic carbocycles. The lowest BCUT2D eigenvalue weighted by Crippen LogP contribution is -2.45. The van der Waals surface area contributed by atoms with Crippen molar-refractivity contribution in [3.63, 3.8) is 0 Å². The predicted octanol–water partition coefficient (Wildman–Crippen LogP) is 2.89. The van der Waals surface area contributed by atoms with Gasteiger partial charge >= 0.3 is 6.03 Å². The van der Waals surface area contributed by atoms with Gasteiger partial charge in [-0.25, -0.2) is 9.78 Å². The molecule has 5 nitrogen and oxygen atoms in total. The highest BCUT2D eigenvalue weighted by Crippen LogP contribution is 2.22. The Bertz CT molecular complexity index is 691. The maximum atomic E-state index is 12.1. The van der Waals surface area contributed by atoms with Gasteiger partial charge in [0.2, 0.25) is 0 Å². The van der Waals surface area contributed by atoms with Crippen LogP contribution in [0.2, 0.25) is 0 Å². The number of morpholine rings is 1. The Labute approximate surface area is 146 Å². The van der Waals surface area contributed by atoms with E-state index in [1.54, 1.807) is 16.2 Å². The van der Waals surface area contributed by atoms with Crippen LogP contribution in [0.3, 0.4) is 0 Å². The van der Waals surface area contributed by atoms with Crippen LogP contribution in [0.4, 0.5) is 4.79 Å². The Hall–Kier alpha value is -1.92. The van der Waals surface area contributed by atoms with E-state index in [9.17, 15) is 4.79 Å². The molecular formula is C18H23N3O2S. The molecule has 0 bridgehead atoms. The van der Waals surface area contributed by atoms with Crippen LogP contribution in [0.5, 0.6) is 0 Å². The third-order valence-electron chi connectivity index (χ3n) is 4.11. The molecule has 0 spiro atoms. The van der Waals surface area contributed by atoms with Gasteiger partial charge in [0.05, 0.1) is 25.5 Å². The number of hydrogen-bond donors (Lipinski definition) is 1. The van der Waals surface area contributed by atoms with E-state index >= 15 is 0 Å². The smallest absolute Gasteiger partial charge is 0.317 e. The molecule has 1 aromatic heterocycles. The van der Waals surface area contributed by atoms with Crippen LogP contribution in [-0.2, 0) is 17.7 Å². The summed E-state index contributed by atoms with van der Waals surface area (Å²) in [6.07, 6.45) is 0.890. The molecule has 128 valence electrons. The van der Waals surface area contributed by atoms with Crippen molar-refractivity contribution in [1.82, 2.24) is 15.2 Å². The molecule has 1 aromatic carbocycles. The normalized spacial score (nSPS) is 14.7. The molecular weight excluding hydrogens is 322 g/mol. The van der Waals surface area contributed by atoms with E-state index in [0.717, 1.165) is 17.1 Å². The summed E-state index contributed by atoms with van der Waals surface area (Å²) in [6, 6.07) is 8.55. The molecule has 0 unspecified atom stereocenters. The summed E-state index contributed by atoms with van der Waals surface area (Å²) in [5.41, 5.74) is 3.61. The minimum absolute atomic E-state index is 0.0359. The number of carbonyl (C=O) groups is 1. The number of thiazole rings is 1. The fourth-order valence-corrected chi connectivity index (χ4v) is 3.69. The van der Waals surface area contributed by atoms with Gasteiger partial charge in [-0.15, -0.1) is 11.3 Å². The summed E-state index contributed by atoms with van der Waals surface area (Å²) < 4.78 is 5.26. The van der Waals surface area contributed by atoms with Gasteiger partial charge < -0.3 is 15.0 Å². The second kappa shape index (κ2) is 7.77. The molecule has 1 aliphatic heterocycles. The molecule has 1 N–H and O–H groups in total.